The number of carbonyl (C=O) groups excluding carboxylic acids is 1. The maximum Gasteiger partial charge on any atom is 0.176 e. The van der Waals surface area contributed by atoms with Gasteiger partial charge in [-0.05, 0) is 42.5 Å². The average molecular weight is 314 g/mol. The van der Waals surface area contributed by atoms with Gasteiger partial charge in [0.05, 0.1) is 16.6 Å². The van der Waals surface area contributed by atoms with Gasteiger partial charge in [0, 0.05) is 12.1 Å². The van der Waals surface area contributed by atoms with E-state index in [-0.39, 0.29) is 5.78 Å². The summed E-state index contributed by atoms with van der Waals surface area (Å²) in [6.07, 6.45) is 1.16. The monoisotopic (exact) mass is 313 g/mol. The Morgan fingerprint density at radius 2 is 2.00 bits per heavy atom. The van der Waals surface area contributed by atoms with Crippen LogP contribution in [0.3, 0.4) is 0 Å². The summed E-state index contributed by atoms with van der Waals surface area (Å²) in [4.78, 5) is 14.5. The number of hydrogen-bond donors (Lipinski definition) is 0. The topological polar surface area (TPSA) is 20.3 Å². The van der Waals surface area contributed by atoms with Crippen LogP contribution in [0.1, 0.15) is 37.6 Å². The molecule has 110 valence electrons. The van der Waals surface area contributed by atoms with Gasteiger partial charge in [-0.1, -0.05) is 44.0 Å². The van der Waals surface area contributed by atoms with Crippen LogP contribution in [0.5, 0.6) is 0 Å². The highest BCUT2D eigenvalue weighted by Gasteiger charge is 2.32. The Labute approximate surface area is 131 Å². The van der Waals surface area contributed by atoms with E-state index in [2.05, 4.69) is 25.7 Å². The van der Waals surface area contributed by atoms with Crippen molar-refractivity contribution in [2.24, 2.45) is 11.3 Å². The van der Waals surface area contributed by atoms with Crippen LogP contribution < -0.4 is 0 Å². The number of ketones is 1. The van der Waals surface area contributed by atoms with Crippen LogP contribution in [-0.2, 0) is 0 Å². The predicted octanol–water partition coefficient (Wildman–Crippen LogP) is 4.54. The van der Waals surface area contributed by atoms with Crippen molar-refractivity contribution in [2.75, 3.05) is 19.6 Å². The van der Waals surface area contributed by atoms with Crippen molar-refractivity contribution in [1.29, 1.82) is 0 Å². The zero-order valence-electron chi connectivity index (χ0n) is 12.2. The van der Waals surface area contributed by atoms with Crippen molar-refractivity contribution in [3.05, 3.63) is 33.8 Å². The molecule has 0 bridgehead atoms. The van der Waals surface area contributed by atoms with Crippen LogP contribution in [0.15, 0.2) is 18.2 Å². The molecule has 0 radical (unpaired) electrons. The van der Waals surface area contributed by atoms with Gasteiger partial charge in [0.25, 0.3) is 0 Å². The normalized spacial score (nSPS) is 20.4. The lowest BCUT2D eigenvalue weighted by Crippen LogP contribution is -2.30. The van der Waals surface area contributed by atoms with E-state index >= 15 is 0 Å². The van der Waals surface area contributed by atoms with E-state index in [0.29, 0.717) is 33.5 Å². The van der Waals surface area contributed by atoms with Crippen molar-refractivity contribution >= 4 is 29.0 Å². The Kier molecular flexibility index (Phi) is 4.78. The molecule has 1 unspecified atom stereocenters. The zero-order valence-corrected chi connectivity index (χ0v) is 13.8. The van der Waals surface area contributed by atoms with E-state index < -0.39 is 0 Å². The van der Waals surface area contributed by atoms with E-state index in [9.17, 15) is 4.79 Å². The molecule has 2 nitrogen and oxygen atoms in total. The van der Waals surface area contributed by atoms with Gasteiger partial charge >= 0.3 is 0 Å². The second-order valence-electron chi connectivity index (χ2n) is 6.64. The van der Waals surface area contributed by atoms with Crippen molar-refractivity contribution in [3.63, 3.8) is 0 Å². The number of likely N-dealkylation sites (tertiary alicyclic amines) is 1. The van der Waals surface area contributed by atoms with Crippen molar-refractivity contribution in [2.45, 2.75) is 27.2 Å². The Hall–Kier alpha value is -0.570. The third-order valence-electron chi connectivity index (χ3n) is 4.11. The number of rotatable bonds is 3. The summed E-state index contributed by atoms with van der Waals surface area (Å²) in [6.45, 7) is 9.25. The summed E-state index contributed by atoms with van der Waals surface area (Å²) in [5, 5.41) is 0.920. The van der Waals surface area contributed by atoms with Gasteiger partial charge in [0.1, 0.15) is 0 Å². The van der Waals surface area contributed by atoms with E-state index in [0.717, 1.165) is 19.5 Å². The third kappa shape index (κ3) is 3.75. The van der Waals surface area contributed by atoms with Crippen molar-refractivity contribution in [3.8, 4) is 0 Å². The second kappa shape index (κ2) is 6.05. The lowest BCUT2D eigenvalue weighted by Gasteiger charge is -2.27. The zero-order chi connectivity index (χ0) is 14.9. The lowest BCUT2D eigenvalue weighted by atomic mass is 9.80. The molecule has 0 N–H and O–H groups in total. The SMILES string of the molecule is CC(C)(C)C1CCN(CC(=O)c2ccc(Cl)c(Cl)c2)C1. The molecule has 1 atom stereocenters. The standard InChI is InChI=1S/C16H21Cl2NO/c1-16(2,3)12-6-7-19(9-12)10-15(20)11-4-5-13(17)14(18)8-11/h4-5,8,12H,6-7,9-10H2,1-3H3. The van der Waals surface area contributed by atoms with Gasteiger partial charge in [0.2, 0.25) is 0 Å². The maximum atomic E-state index is 12.3. The Bertz CT molecular complexity index is 508. The number of carbonyl (C=O) groups is 1. The van der Waals surface area contributed by atoms with Crippen molar-refractivity contribution in [1.82, 2.24) is 4.90 Å². The third-order valence-corrected chi connectivity index (χ3v) is 4.84. The van der Waals surface area contributed by atoms with E-state index in [1.807, 2.05) is 0 Å². The van der Waals surface area contributed by atoms with Crippen LogP contribution in [0.4, 0.5) is 0 Å². The molecule has 4 heteroatoms. The number of benzene rings is 1. The first kappa shape index (κ1) is 15.8. The molecule has 1 fully saturated rings. The van der Waals surface area contributed by atoms with Gasteiger partial charge in [-0.2, -0.15) is 0 Å². The summed E-state index contributed by atoms with van der Waals surface area (Å²) >= 11 is 11.8. The first-order chi connectivity index (χ1) is 9.27. The second-order valence-corrected chi connectivity index (χ2v) is 7.45. The van der Waals surface area contributed by atoms with Crippen molar-refractivity contribution < 1.29 is 4.79 Å². The minimum atomic E-state index is 0.109. The van der Waals surface area contributed by atoms with Crippen LogP contribution >= 0.6 is 23.2 Å². The number of hydrogen-bond acceptors (Lipinski definition) is 2. The molecule has 1 aromatic rings. The fraction of sp³-hybridized carbons (Fsp3) is 0.562. The van der Waals surface area contributed by atoms with Crippen LogP contribution in [0, 0.1) is 11.3 Å². The maximum absolute atomic E-state index is 12.3. The van der Waals surface area contributed by atoms with Crippen LogP contribution in [0.2, 0.25) is 10.0 Å². The summed E-state index contributed by atoms with van der Waals surface area (Å²) in [6, 6.07) is 5.08. The smallest absolute Gasteiger partial charge is 0.176 e. The summed E-state index contributed by atoms with van der Waals surface area (Å²) in [5.41, 5.74) is 0.945. The summed E-state index contributed by atoms with van der Waals surface area (Å²) in [5.74, 6) is 0.766. The molecule has 20 heavy (non-hydrogen) atoms. The van der Waals surface area contributed by atoms with E-state index in [4.69, 9.17) is 23.2 Å². The molecule has 1 saturated heterocycles. The molecule has 0 aromatic heterocycles. The van der Waals surface area contributed by atoms with Gasteiger partial charge in [-0.25, -0.2) is 0 Å². The van der Waals surface area contributed by atoms with Crippen LogP contribution in [0.25, 0.3) is 0 Å². The fourth-order valence-electron chi connectivity index (χ4n) is 2.65. The number of Topliss-reactive ketones (excluding diaryl/α,β-unsaturated/α-hetero) is 1. The average Bonchev–Trinajstić information content (AvgIpc) is 2.81. The molecule has 0 amide bonds. The summed E-state index contributed by atoms with van der Waals surface area (Å²) in [7, 11) is 0. The first-order valence-electron chi connectivity index (χ1n) is 6.98. The van der Waals surface area contributed by atoms with E-state index in [1.165, 1.54) is 0 Å². The quantitative estimate of drug-likeness (QED) is 0.763. The Morgan fingerprint density at radius 1 is 1.30 bits per heavy atom. The molecule has 0 aliphatic carbocycles. The molecule has 1 aliphatic heterocycles. The fourth-order valence-corrected chi connectivity index (χ4v) is 2.95. The minimum Gasteiger partial charge on any atom is -0.295 e. The largest absolute Gasteiger partial charge is 0.295 e. The molecular weight excluding hydrogens is 293 g/mol. The predicted molar refractivity (Wildman–Crippen MR) is 84.8 cm³/mol. The van der Waals surface area contributed by atoms with Gasteiger partial charge in [-0.3, -0.25) is 9.69 Å². The highest BCUT2D eigenvalue weighted by atomic mass is 35.5. The van der Waals surface area contributed by atoms with E-state index in [1.54, 1.807) is 18.2 Å². The molecule has 1 heterocycles. The summed E-state index contributed by atoms with van der Waals surface area (Å²) < 4.78 is 0. The van der Waals surface area contributed by atoms with Gasteiger partial charge in [-0.15, -0.1) is 0 Å². The lowest BCUT2D eigenvalue weighted by molar-refractivity contribution is 0.0938. The minimum absolute atomic E-state index is 0.109. The van der Waals surface area contributed by atoms with Crippen LogP contribution in [-0.4, -0.2) is 30.3 Å². The highest BCUT2D eigenvalue weighted by molar-refractivity contribution is 6.42. The number of halogens is 2. The molecule has 0 spiro atoms. The Morgan fingerprint density at radius 3 is 2.55 bits per heavy atom. The first-order valence-corrected chi connectivity index (χ1v) is 7.73. The molecule has 1 aliphatic rings. The van der Waals surface area contributed by atoms with Gasteiger partial charge < -0.3 is 0 Å². The molecule has 1 aromatic carbocycles. The number of nitrogens with zero attached hydrogens (tertiary/aromatic N) is 1. The highest BCUT2D eigenvalue weighted by Crippen LogP contribution is 2.33. The Balaban J connectivity index is 1.97. The van der Waals surface area contributed by atoms with Gasteiger partial charge in [0.15, 0.2) is 5.78 Å². The molecule has 0 saturated carbocycles. The molecule has 2 rings (SSSR count). The molecular formula is C16H21Cl2NO.